The van der Waals surface area contributed by atoms with Gasteiger partial charge in [0.25, 0.3) is 11.9 Å². The van der Waals surface area contributed by atoms with Crippen LogP contribution in [-0.2, 0) is 4.79 Å². The van der Waals surface area contributed by atoms with Crippen LogP contribution < -0.4 is 20.3 Å². The summed E-state index contributed by atoms with van der Waals surface area (Å²) >= 11 is 0. The molecule has 5 rings (SSSR count). The Hall–Kier alpha value is -3.14. The Morgan fingerprint density at radius 3 is 2.65 bits per heavy atom. The van der Waals surface area contributed by atoms with Gasteiger partial charge in [0.1, 0.15) is 5.75 Å². The van der Waals surface area contributed by atoms with Crippen LogP contribution in [-0.4, -0.2) is 78.3 Å². The van der Waals surface area contributed by atoms with Crippen LogP contribution in [0, 0.1) is 12.8 Å². The molecule has 0 bridgehead atoms. The van der Waals surface area contributed by atoms with E-state index in [0.29, 0.717) is 36.9 Å². The predicted octanol–water partition coefficient (Wildman–Crippen LogP) is 3.66. The maximum absolute atomic E-state index is 13.0. The van der Waals surface area contributed by atoms with E-state index in [1.54, 1.807) is 0 Å². The van der Waals surface area contributed by atoms with Gasteiger partial charge in [0.2, 0.25) is 11.8 Å². The van der Waals surface area contributed by atoms with Crippen LogP contribution in [0.15, 0.2) is 22.7 Å². The first-order chi connectivity index (χ1) is 19.4. The SMILES string of the molecule is Cc1cc(OCCCC2CCN(c3noc(C(C)C)n3)CC2)ccc1C(=O)N[C@@H]1CN[C@H](C(=O)N2CCCC2)C1. The summed E-state index contributed by atoms with van der Waals surface area (Å²) in [7, 11) is 0. The van der Waals surface area contributed by atoms with Crippen molar-refractivity contribution in [2.45, 2.75) is 83.7 Å². The van der Waals surface area contributed by atoms with Gasteiger partial charge in [-0.1, -0.05) is 13.8 Å². The second-order valence-electron chi connectivity index (χ2n) is 11.9. The molecule has 0 radical (unpaired) electrons. The predicted molar refractivity (Wildman–Crippen MR) is 153 cm³/mol. The van der Waals surface area contributed by atoms with E-state index >= 15 is 0 Å². The van der Waals surface area contributed by atoms with Gasteiger partial charge < -0.3 is 29.7 Å². The molecule has 0 aliphatic carbocycles. The first kappa shape index (κ1) is 28.4. The lowest BCUT2D eigenvalue weighted by molar-refractivity contribution is -0.132. The molecule has 10 heteroatoms. The number of likely N-dealkylation sites (tertiary alicyclic amines) is 1. The van der Waals surface area contributed by atoms with Crippen LogP contribution in [0.25, 0.3) is 0 Å². The van der Waals surface area contributed by atoms with Gasteiger partial charge in [-0.3, -0.25) is 9.59 Å². The number of amides is 2. The number of hydrogen-bond acceptors (Lipinski definition) is 8. The van der Waals surface area contributed by atoms with Gasteiger partial charge in [0.15, 0.2) is 0 Å². The molecule has 2 atom stereocenters. The summed E-state index contributed by atoms with van der Waals surface area (Å²) in [5.41, 5.74) is 1.54. The number of carbonyl (C=O) groups excluding carboxylic acids is 2. The standard InChI is InChI=1S/C30H44N6O4/c1-20(2)28-33-30(34-40-28)36-14-10-22(11-15-36)7-6-16-39-24-8-9-25(21(3)17-24)27(37)32-23-18-26(31-19-23)29(38)35-12-4-5-13-35/h8-9,17,20,22-23,26,31H,4-7,10-16,18-19H2,1-3H3,(H,32,37)/t23-,26-/m0/s1. The molecule has 10 nitrogen and oxygen atoms in total. The molecule has 3 fully saturated rings. The molecule has 2 N–H and O–H groups in total. The summed E-state index contributed by atoms with van der Waals surface area (Å²) < 4.78 is 11.4. The minimum absolute atomic E-state index is 0.0454. The largest absolute Gasteiger partial charge is 0.494 e. The van der Waals surface area contributed by atoms with E-state index in [1.807, 2.05) is 30.0 Å². The van der Waals surface area contributed by atoms with Gasteiger partial charge in [0.05, 0.1) is 12.6 Å². The van der Waals surface area contributed by atoms with Crippen LogP contribution in [0.5, 0.6) is 5.75 Å². The van der Waals surface area contributed by atoms with Gasteiger partial charge in [-0.15, -0.1) is 0 Å². The summed E-state index contributed by atoms with van der Waals surface area (Å²) in [5.74, 6) is 3.20. The van der Waals surface area contributed by atoms with Gasteiger partial charge >= 0.3 is 0 Å². The lowest BCUT2D eigenvalue weighted by Crippen LogP contribution is -2.42. The van der Waals surface area contributed by atoms with Gasteiger partial charge in [-0.25, -0.2) is 0 Å². The number of aryl methyl sites for hydroxylation is 1. The molecule has 3 aliphatic rings. The molecule has 3 aliphatic heterocycles. The zero-order valence-electron chi connectivity index (χ0n) is 24.2. The third kappa shape index (κ3) is 6.95. The van der Waals surface area contributed by atoms with Crippen LogP contribution in [0.2, 0.25) is 0 Å². The number of hydrogen-bond donors (Lipinski definition) is 2. The topological polar surface area (TPSA) is 113 Å². The summed E-state index contributed by atoms with van der Waals surface area (Å²) in [6, 6.07) is 5.42. The smallest absolute Gasteiger partial charge is 0.266 e. The van der Waals surface area contributed by atoms with Crippen LogP contribution >= 0.6 is 0 Å². The van der Waals surface area contributed by atoms with E-state index in [9.17, 15) is 9.59 Å². The highest BCUT2D eigenvalue weighted by Crippen LogP contribution is 2.26. The molecule has 218 valence electrons. The van der Waals surface area contributed by atoms with Gasteiger partial charge in [-0.05, 0) is 86.7 Å². The summed E-state index contributed by atoms with van der Waals surface area (Å²) in [4.78, 5) is 34.3. The zero-order valence-corrected chi connectivity index (χ0v) is 24.2. The number of carbonyl (C=O) groups is 2. The summed E-state index contributed by atoms with van der Waals surface area (Å²) in [6.07, 6.45) is 7.18. The Balaban J connectivity index is 1.00. The average Bonchev–Trinajstić information content (AvgIpc) is 3.73. The van der Waals surface area contributed by atoms with E-state index in [0.717, 1.165) is 82.0 Å². The molecule has 3 saturated heterocycles. The van der Waals surface area contributed by atoms with Crippen molar-refractivity contribution in [3.8, 4) is 5.75 Å². The van der Waals surface area contributed by atoms with Crippen molar-refractivity contribution >= 4 is 17.8 Å². The van der Waals surface area contributed by atoms with E-state index < -0.39 is 0 Å². The van der Waals surface area contributed by atoms with Crippen molar-refractivity contribution in [2.24, 2.45) is 5.92 Å². The number of aromatic nitrogens is 2. The quantitative estimate of drug-likeness (QED) is 0.430. The van der Waals surface area contributed by atoms with E-state index in [-0.39, 0.29) is 29.8 Å². The summed E-state index contributed by atoms with van der Waals surface area (Å²) in [6.45, 7) is 10.9. The fraction of sp³-hybridized carbons (Fsp3) is 0.667. The van der Waals surface area contributed by atoms with E-state index in [4.69, 9.17) is 9.26 Å². The number of nitrogens with one attached hydrogen (secondary N) is 2. The Morgan fingerprint density at radius 1 is 1.18 bits per heavy atom. The fourth-order valence-electron chi connectivity index (χ4n) is 6.01. The highest BCUT2D eigenvalue weighted by atomic mass is 16.5. The van der Waals surface area contributed by atoms with Crippen LogP contribution in [0.1, 0.15) is 86.5 Å². The molecular formula is C30H44N6O4. The molecule has 4 heterocycles. The lowest BCUT2D eigenvalue weighted by atomic mass is 9.92. The molecule has 40 heavy (non-hydrogen) atoms. The molecule has 0 spiro atoms. The lowest BCUT2D eigenvalue weighted by Gasteiger charge is -2.30. The highest BCUT2D eigenvalue weighted by Gasteiger charge is 2.34. The Morgan fingerprint density at radius 2 is 1.95 bits per heavy atom. The number of anilines is 1. The summed E-state index contributed by atoms with van der Waals surface area (Å²) in [5, 5.41) is 10.5. The molecule has 2 amide bonds. The van der Waals surface area contributed by atoms with E-state index in [1.165, 1.54) is 0 Å². The minimum atomic E-state index is -0.198. The van der Waals surface area contributed by atoms with Crippen molar-refractivity contribution in [2.75, 3.05) is 44.2 Å². The maximum Gasteiger partial charge on any atom is 0.266 e. The number of rotatable bonds is 10. The van der Waals surface area contributed by atoms with Crippen molar-refractivity contribution in [3.63, 3.8) is 0 Å². The van der Waals surface area contributed by atoms with Gasteiger partial charge in [0, 0.05) is 50.2 Å². The normalized spacial score (nSPS) is 21.8. The highest BCUT2D eigenvalue weighted by molar-refractivity contribution is 5.96. The minimum Gasteiger partial charge on any atom is -0.494 e. The number of nitrogens with zero attached hydrogens (tertiary/aromatic N) is 4. The number of benzene rings is 1. The first-order valence-electron chi connectivity index (χ1n) is 15.0. The van der Waals surface area contributed by atoms with Crippen molar-refractivity contribution < 1.29 is 18.8 Å². The Kier molecular flexibility index (Phi) is 9.24. The monoisotopic (exact) mass is 552 g/mol. The van der Waals surface area contributed by atoms with E-state index in [2.05, 4.69) is 39.5 Å². The average molecular weight is 553 g/mol. The molecule has 0 saturated carbocycles. The molecule has 2 aromatic rings. The third-order valence-corrected chi connectivity index (χ3v) is 8.47. The number of piperidine rings is 1. The zero-order chi connectivity index (χ0) is 28.1. The Labute approximate surface area is 237 Å². The Bertz CT molecular complexity index is 1150. The second kappa shape index (κ2) is 13.0. The van der Waals surface area contributed by atoms with Crippen molar-refractivity contribution in [3.05, 3.63) is 35.2 Å². The second-order valence-corrected chi connectivity index (χ2v) is 11.9. The van der Waals surface area contributed by atoms with Crippen LogP contribution in [0.4, 0.5) is 5.95 Å². The maximum atomic E-state index is 13.0. The third-order valence-electron chi connectivity index (χ3n) is 8.47. The van der Waals surface area contributed by atoms with Crippen LogP contribution in [0.3, 0.4) is 0 Å². The molecule has 0 unspecified atom stereocenters. The molecule has 1 aromatic carbocycles. The number of ether oxygens (including phenoxy) is 1. The molecular weight excluding hydrogens is 508 g/mol. The molecule has 1 aromatic heterocycles. The first-order valence-corrected chi connectivity index (χ1v) is 15.0. The fourth-order valence-corrected chi connectivity index (χ4v) is 6.01. The van der Waals surface area contributed by atoms with Crippen molar-refractivity contribution in [1.29, 1.82) is 0 Å². The van der Waals surface area contributed by atoms with Crippen molar-refractivity contribution in [1.82, 2.24) is 25.7 Å². The van der Waals surface area contributed by atoms with Gasteiger partial charge in [-0.2, -0.15) is 4.98 Å².